The van der Waals surface area contributed by atoms with Gasteiger partial charge in [-0.15, -0.1) is 5.10 Å². The molecular weight excluding hydrogens is 180 g/mol. The Morgan fingerprint density at radius 1 is 1.71 bits per heavy atom. The number of rotatable bonds is 2. The van der Waals surface area contributed by atoms with Crippen LogP contribution < -0.4 is 5.73 Å². The zero-order chi connectivity index (χ0) is 9.97. The van der Waals surface area contributed by atoms with Crippen LogP contribution in [0.15, 0.2) is 6.20 Å². The fourth-order valence-corrected chi connectivity index (χ4v) is 1.78. The second-order valence-electron chi connectivity index (χ2n) is 3.76. The van der Waals surface area contributed by atoms with Crippen molar-refractivity contribution in [2.45, 2.75) is 31.8 Å². The minimum absolute atomic E-state index is 0.0214. The molecule has 1 aromatic heterocycles. The van der Waals surface area contributed by atoms with Crippen LogP contribution in [0.25, 0.3) is 0 Å². The summed E-state index contributed by atoms with van der Waals surface area (Å²) in [4.78, 5) is 0. The molecule has 1 aromatic rings. The van der Waals surface area contributed by atoms with E-state index >= 15 is 0 Å². The fourth-order valence-electron chi connectivity index (χ4n) is 1.78. The lowest BCUT2D eigenvalue weighted by atomic mass is 10.1. The van der Waals surface area contributed by atoms with E-state index in [1.807, 2.05) is 11.6 Å². The maximum atomic E-state index is 5.82. The van der Waals surface area contributed by atoms with Crippen LogP contribution in [-0.4, -0.2) is 28.2 Å². The molecule has 0 saturated carbocycles. The molecule has 1 aliphatic rings. The summed E-state index contributed by atoms with van der Waals surface area (Å²) in [5, 5.41) is 7.96. The van der Waals surface area contributed by atoms with Gasteiger partial charge in [-0.25, -0.2) is 4.68 Å². The Balaban J connectivity index is 2.17. The maximum absolute atomic E-state index is 5.82. The van der Waals surface area contributed by atoms with Crippen molar-refractivity contribution in [1.29, 1.82) is 0 Å². The lowest BCUT2D eigenvalue weighted by Gasteiger charge is -2.24. The first-order valence-corrected chi connectivity index (χ1v) is 5.02. The smallest absolute Gasteiger partial charge is 0.0775 e. The van der Waals surface area contributed by atoms with E-state index in [2.05, 4.69) is 10.3 Å². The van der Waals surface area contributed by atoms with E-state index in [0.717, 1.165) is 31.7 Å². The number of nitrogens with zero attached hydrogens (tertiary/aromatic N) is 3. The summed E-state index contributed by atoms with van der Waals surface area (Å²) in [6.07, 6.45) is 3.92. The molecule has 2 unspecified atom stereocenters. The molecule has 0 spiro atoms. The molecule has 1 saturated heterocycles. The summed E-state index contributed by atoms with van der Waals surface area (Å²) in [6, 6.07) is 0.291. The monoisotopic (exact) mass is 196 g/mol. The Kier molecular flexibility index (Phi) is 2.79. The van der Waals surface area contributed by atoms with Crippen molar-refractivity contribution in [3.63, 3.8) is 0 Å². The highest BCUT2D eigenvalue weighted by Crippen LogP contribution is 2.21. The van der Waals surface area contributed by atoms with Gasteiger partial charge in [0.15, 0.2) is 0 Å². The van der Waals surface area contributed by atoms with Gasteiger partial charge in [-0.05, 0) is 19.8 Å². The van der Waals surface area contributed by atoms with Crippen LogP contribution in [0.4, 0.5) is 0 Å². The highest BCUT2D eigenvalue weighted by Gasteiger charge is 2.20. The minimum atomic E-state index is -0.0214. The highest BCUT2D eigenvalue weighted by atomic mass is 16.5. The molecule has 5 nitrogen and oxygen atoms in total. The Bertz CT molecular complexity index is 291. The summed E-state index contributed by atoms with van der Waals surface area (Å²) < 4.78 is 7.32. The molecule has 14 heavy (non-hydrogen) atoms. The minimum Gasteiger partial charge on any atom is -0.379 e. The van der Waals surface area contributed by atoms with Crippen molar-refractivity contribution in [3.8, 4) is 0 Å². The average Bonchev–Trinajstić information content (AvgIpc) is 2.67. The average molecular weight is 196 g/mol. The molecule has 1 fully saturated rings. The Morgan fingerprint density at radius 3 is 3.21 bits per heavy atom. The third-order valence-corrected chi connectivity index (χ3v) is 2.55. The summed E-state index contributed by atoms with van der Waals surface area (Å²) in [5.74, 6) is 0. The summed E-state index contributed by atoms with van der Waals surface area (Å²) >= 11 is 0. The predicted molar refractivity (Wildman–Crippen MR) is 51.7 cm³/mol. The van der Waals surface area contributed by atoms with Gasteiger partial charge in [0.2, 0.25) is 0 Å². The number of ether oxygens (including phenoxy) is 1. The lowest BCUT2D eigenvalue weighted by Crippen LogP contribution is -2.25. The van der Waals surface area contributed by atoms with Crippen molar-refractivity contribution in [1.82, 2.24) is 15.0 Å². The van der Waals surface area contributed by atoms with Crippen LogP contribution in [0.1, 0.15) is 37.5 Å². The Morgan fingerprint density at radius 2 is 2.57 bits per heavy atom. The summed E-state index contributed by atoms with van der Waals surface area (Å²) in [6.45, 7) is 3.53. The van der Waals surface area contributed by atoms with E-state index in [-0.39, 0.29) is 6.04 Å². The number of nitrogens with two attached hydrogens (primary N) is 1. The van der Waals surface area contributed by atoms with Gasteiger partial charge in [0, 0.05) is 12.6 Å². The largest absolute Gasteiger partial charge is 0.379 e. The Labute approximate surface area is 83.2 Å². The zero-order valence-electron chi connectivity index (χ0n) is 8.39. The molecule has 0 aromatic carbocycles. The first-order valence-electron chi connectivity index (χ1n) is 5.02. The van der Waals surface area contributed by atoms with E-state index in [4.69, 9.17) is 10.5 Å². The second kappa shape index (κ2) is 4.06. The number of hydrogen-bond donors (Lipinski definition) is 1. The number of hydrogen-bond acceptors (Lipinski definition) is 4. The predicted octanol–water partition coefficient (Wildman–Crippen LogP) is 0.649. The second-order valence-corrected chi connectivity index (χ2v) is 3.76. The first kappa shape index (κ1) is 9.61. The van der Waals surface area contributed by atoms with E-state index in [9.17, 15) is 0 Å². The summed E-state index contributed by atoms with van der Waals surface area (Å²) in [7, 11) is 0. The van der Waals surface area contributed by atoms with Gasteiger partial charge in [-0.1, -0.05) is 5.21 Å². The normalized spacial score (nSPS) is 24.9. The van der Waals surface area contributed by atoms with Crippen molar-refractivity contribution in [2.24, 2.45) is 5.73 Å². The molecule has 0 radical (unpaired) electrons. The molecule has 78 valence electrons. The highest BCUT2D eigenvalue weighted by molar-refractivity contribution is 5.01. The van der Waals surface area contributed by atoms with E-state index < -0.39 is 0 Å². The molecule has 0 amide bonds. The molecule has 1 aliphatic heterocycles. The van der Waals surface area contributed by atoms with Crippen molar-refractivity contribution in [3.05, 3.63) is 11.9 Å². The van der Waals surface area contributed by atoms with Crippen LogP contribution in [0.2, 0.25) is 0 Å². The molecule has 2 heterocycles. The van der Waals surface area contributed by atoms with Crippen LogP contribution in [0.5, 0.6) is 0 Å². The quantitative estimate of drug-likeness (QED) is 0.754. The van der Waals surface area contributed by atoms with Gasteiger partial charge in [0.1, 0.15) is 0 Å². The molecule has 2 atom stereocenters. The molecular formula is C9H16N4O. The van der Waals surface area contributed by atoms with Crippen molar-refractivity contribution < 1.29 is 4.74 Å². The molecule has 2 rings (SSSR count). The van der Waals surface area contributed by atoms with E-state index in [1.54, 1.807) is 6.20 Å². The van der Waals surface area contributed by atoms with Crippen LogP contribution in [0, 0.1) is 0 Å². The topological polar surface area (TPSA) is 66.0 Å². The van der Waals surface area contributed by atoms with Crippen molar-refractivity contribution in [2.75, 3.05) is 13.2 Å². The van der Waals surface area contributed by atoms with Gasteiger partial charge >= 0.3 is 0 Å². The molecule has 0 bridgehead atoms. The zero-order valence-corrected chi connectivity index (χ0v) is 8.39. The molecule has 0 aliphatic carbocycles. The lowest BCUT2D eigenvalue weighted by molar-refractivity contribution is 0.0529. The number of aromatic nitrogens is 3. The van der Waals surface area contributed by atoms with Crippen LogP contribution >= 0.6 is 0 Å². The first-order chi connectivity index (χ1) is 6.79. The van der Waals surface area contributed by atoms with Gasteiger partial charge < -0.3 is 10.5 Å². The van der Waals surface area contributed by atoms with Crippen LogP contribution in [-0.2, 0) is 4.74 Å². The molecule has 2 N–H and O–H groups in total. The SMILES string of the molecule is CC(N)c1cnnn1C1CCCOC1. The summed E-state index contributed by atoms with van der Waals surface area (Å²) in [5.41, 5.74) is 6.81. The third-order valence-electron chi connectivity index (χ3n) is 2.55. The Hall–Kier alpha value is -0.940. The third kappa shape index (κ3) is 1.78. The van der Waals surface area contributed by atoms with Gasteiger partial charge in [0.25, 0.3) is 0 Å². The van der Waals surface area contributed by atoms with Gasteiger partial charge in [-0.2, -0.15) is 0 Å². The van der Waals surface area contributed by atoms with E-state index in [1.165, 1.54) is 0 Å². The van der Waals surface area contributed by atoms with Gasteiger partial charge in [0.05, 0.1) is 24.5 Å². The molecule has 5 heteroatoms. The standard InChI is InChI=1S/C9H16N4O/c1-7(10)9-5-11-12-13(9)8-3-2-4-14-6-8/h5,7-8H,2-4,6,10H2,1H3. The van der Waals surface area contributed by atoms with Gasteiger partial charge in [-0.3, -0.25) is 0 Å². The van der Waals surface area contributed by atoms with E-state index in [0.29, 0.717) is 6.04 Å². The maximum Gasteiger partial charge on any atom is 0.0775 e. The fraction of sp³-hybridized carbons (Fsp3) is 0.778. The van der Waals surface area contributed by atoms with Crippen molar-refractivity contribution >= 4 is 0 Å². The van der Waals surface area contributed by atoms with Crippen LogP contribution in [0.3, 0.4) is 0 Å².